The van der Waals surface area contributed by atoms with Crippen LogP contribution >= 0.6 is 11.3 Å². The molecule has 170 valence electrons. The van der Waals surface area contributed by atoms with Crippen LogP contribution in [-0.2, 0) is 14.8 Å². The first-order valence-corrected chi connectivity index (χ1v) is 13.0. The van der Waals surface area contributed by atoms with Crippen LogP contribution in [0.1, 0.15) is 27.7 Å². The van der Waals surface area contributed by atoms with Crippen LogP contribution in [0.5, 0.6) is 0 Å². The predicted molar refractivity (Wildman–Crippen MR) is 135 cm³/mol. The van der Waals surface area contributed by atoms with Gasteiger partial charge in [0.25, 0.3) is 5.91 Å². The maximum Gasteiger partial charge on any atom is 0.258 e. The standard InChI is InChI=1S/C26H21N3O3S2/c1-29-23-13-12-20(16-21(23)22(26(29)30)17-24-27-14-15-33-24)34(31,32)28-25(18-8-4-2-5-9-18)19-10-6-3-7-11-19/h2-17,25,28H,1H3/b22-17+. The summed E-state index contributed by atoms with van der Waals surface area (Å²) in [5.41, 5.74) is 3.32. The van der Waals surface area contributed by atoms with Crippen LogP contribution < -0.4 is 9.62 Å². The molecule has 1 aromatic heterocycles. The zero-order valence-corrected chi connectivity index (χ0v) is 19.9. The monoisotopic (exact) mass is 487 g/mol. The van der Waals surface area contributed by atoms with Gasteiger partial charge in [0.2, 0.25) is 10.0 Å². The number of hydrogen-bond acceptors (Lipinski definition) is 5. The molecule has 0 unspecified atom stereocenters. The maximum atomic E-state index is 13.5. The number of rotatable bonds is 6. The molecule has 3 aromatic carbocycles. The average Bonchev–Trinajstić information content (AvgIpc) is 3.46. The van der Waals surface area contributed by atoms with Crippen LogP contribution in [-0.4, -0.2) is 26.4 Å². The average molecular weight is 488 g/mol. The second-order valence-electron chi connectivity index (χ2n) is 7.85. The highest BCUT2D eigenvalue weighted by Gasteiger charge is 2.32. The summed E-state index contributed by atoms with van der Waals surface area (Å²) in [4.78, 5) is 18.7. The number of amides is 1. The lowest BCUT2D eigenvalue weighted by Crippen LogP contribution is -2.29. The number of carbonyl (C=O) groups is 1. The van der Waals surface area contributed by atoms with Gasteiger partial charge in [-0.1, -0.05) is 60.7 Å². The van der Waals surface area contributed by atoms with Crippen LogP contribution in [0.25, 0.3) is 11.6 Å². The number of thiazole rings is 1. The molecular formula is C26H21N3O3S2. The molecular weight excluding hydrogens is 466 g/mol. The molecule has 4 aromatic rings. The third kappa shape index (κ3) is 4.19. The summed E-state index contributed by atoms with van der Waals surface area (Å²) in [6.07, 6.45) is 3.37. The van der Waals surface area contributed by atoms with E-state index in [1.807, 2.05) is 66.0 Å². The Bertz CT molecular complexity index is 1430. The Morgan fingerprint density at radius 1 is 0.971 bits per heavy atom. The van der Waals surface area contributed by atoms with Gasteiger partial charge in [0, 0.05) is 24.2 Å². The number of hydrogen-bond donors (Lipinski definition) is 1. The third-order valence-electron chi connectivity index (χ3n) is 5.72. The zero-order valence-electron chi connectivity index (χ0n) is 18.3. The molecule has 5 rings (SSSR count). The molecule has 6 nitrogen and oxygen atoms in total. The van der Waals surface area contributed by atoms with E-state index in [1.165, 1.54) is 22.3 Å². The van der Waals surface area contributed by atoms with E-state index in [0.29, 0.717) is 21.8 Å². The fourth-order valence-corrected chi connectivity index (χ4v) is 5.81. The van der Waals surface area contributed by atoms with E-state index in [-0.39, 0.29) is 10.8 Å². The van der Waals surface area contributed by atoms with Gasteiger partial charge in [-0.05, 0) is 35.4 Å². The Labute approximate surface area is 202 Å². The van der Waals surface area contributed by atoms with Gasteiger partial charge < -0.3 is 4.90 Å². The molecule has 0 fully saturated rings. The second-order valence-corrected chi connectivity index (χ2v) is 10.5. The van der Waals surface area contributed by atoms with Crippen molar-refractivity contribution in [2.75, 3.05) is 11.9 Å². The number of fused-ring (bicyclic) bond motifs is 1. The first-order valence-electron chi connectivity index (χ1n) is 10.6. The number of nitrogens with zero attached hydrogens (tertiary/aromatic N) is 2. The van der Waals surface area contributed by atoms with Gasteiger partial charge in [-0.25, -0.2) is 13.4 Å². The van der Waals surface area contributed by atoms with E-state index in [2.05, 4.69) is 9.71 Å². The fourth-order valence-electron chi connectivity index (χ4n) is 4.01. The number of carbonyl (C=O) groups excluding carboxylic acids is 1. The quantitative estimate of drug-likeness (QED) is 0.399. The highest BCUT2D eigenvalue weighted by atomic mass is 32.2. The van der Waals surface area contributed by atoms with Crippen LogP contribution in [0.3, 0.4) is 0 Å². The summed E-state index contributed by atoms with van der Waals surface area (Å²) in [6, 6.07) is 23.1. The van der Waals surface area contributed by atoms with Crippen molar-refractivity contribution in [2.24, 2.45) is 0 Å². The normalized spacial score (nSPS) is 14.7. The minimum atomic E-state index is -3.92. The lowest BCUT2D eigenvalue weighted by atomic mass is 10.00. The Balaban J connectivity index is 1.55. The number of aromatic nitrogens is 1. The van der Waals surface area contributed by atoms with Crippen LogP contribution in [0.15, 0.2) is 95.3 Å². The molecule has 0 spiro atoms. The summed E-state index contributed by atoms with van der Waals surface area (Å²) < 4.78 is 29.9. The number of likely N-dealkylation sites (N-methyl/N-ethyl adjacent to an activating group) is 1. The van der Waals surface area contributed by atoms with Gasteiger partial charge in [-0.2, -0.15) is 4.72 Å². The van der Waals surface area contributed by atoms with Crippen LogP contribution in [0, 0.1) is 0 Å². The summed E-state index contributed by atoms with van der Waals surface area (Å²) >= 11 is 1.41. The van der Waals surface area contributed by atoms with Gasteiger partial charge in [-0.3, -0.25) is 4.79 Å². The summed E-state index contributed by atoms with van der Waals surface area (Å²) in [6.45, 7) is 0. The van der Waals surface area contributed by atoms with Crippen molar-refractivity contribution in [3.05, 3.63) is 112 Å². The number of nitrogens with one attached hydrogen (secondary N) is 1. The van der Waals surface area contributed by atoms with Crippen LogP contribution in [0.4, 0.5) is 5.69 Å². The first-order chi connectivity index (χ1) is 16.4. The van der Waals surface area contributed by atoms with Gasteiger partial charge in [0.15, 0.2) is 0 Å². The Morgan fingerprint density at radius 2 is 1.62 bits per heavy atom. The second kappa shape index (κ2) is 8.98. The minimum Gasteiger partial charge on any atom is -0.311 e. The van der Waals surface area contributed by atoms with Gasteiger partial charge in [-0.15, -0.1) is 11.3 Å². The van der Waals surface area contributed by atoms with E-state index >= 15 is 0 Å². The van der Waals surface area contributed by atoms with Gasteiger partial charge >= 0.3 is 0 Å². The molecule has 0 saturated heterocycles. The smallest absolute Gasteiger partial charge is 0.258 e. The summed E-state index contributed by atoms with van der Waals surface area (Å²) in [7, 11) is -2.24. The van der Waals surface area contributed by atoms with Crippen molar-refractivity contribution in [3.63, 3.8) is 0 Å². The summed E-state index contributed by atoms with van der Waals surface area (Å²) in [5.74, 6) is -0.195. The molecule has 1 N–H and O–H groups in total. The third-order valence-corrected chi connectivity index (χ3v) is 7.87. The van der Waals surface area contributed by atoms with E-state index < -0.39 is 16.1 Å². The molecule has 0 bridgehead atoms. The van der Waals surface area contributed by atoms with Gasteiger partial charge in [0.05, 0.1) is 22.2 Å². The highest BCUT2D eigenvalue weighted by molar-refractivity contribution is 7.89. The molecule has 0 radical (unpaired) electrons. The Morgan fingerprint density at radius 3 is 2.21 bits per heavy atom. The van der Waals surface area contributed by atoms with E-state index in [0.717, 1.165) is 11.1 Å². The fraction of sp³-hybridized carbons (Fsp3) is 0.0769. The molecule has 0 atom stereocenters. The van der Waals surface area contributed by atoms with Gasteiger partial charge in [0.1, 0.15) is 5.01 Å². The zero-order chi connectivity index (χ0) is 23.7. The molecule has 8 heteroatoms. The SMILES string of the molecule is CN1C(=O)/C(=C/c2nccs2)c2cc(S(=O)(=O)NC(c3ccccc3)c3ccccc3)ccc21. The van der Waals surface area contributed by atoms with Crippen molar-refractivity contribution in [3.8, 4) is 0 Å². The molecule has 0 aliphatic carbocycles. The van der Waals surface area contributed by atoms with E-state index in [4.69, 9.17) is 0 Å². The Hall–Kier alpha value is -3.59. The first kappa shape index (κ1) is 22.2. The lowest BCUT2D eigenvalue weighted by molar-refractivity contribution is -0.112. The topological polar surface area (TPSA) is 79.4 Å². The Kier molecular flexibility index (Phi) is 5.87. The minimum absolute atomic E-state index is 0.0938. The van der Waals surface area contributed by atoms with E-state index in [9.17, 15) is 13.2 Å². The van der Waals surface area contributed by atoms with Crippen LogP contribution in [0.2, 0.25) is 0 Å². The maximum absolute atomic E-state index is 13.5. The van der Waals surface area contributed by atoms with E-state index in [1.54, 1.807) is 31.5 Å². The molecule has 0 saturated carbocycles. The van der Waals surface area contributed by atoms with Crippen molar-refractivity contribution in [1.29, 1.82) is 0 Å². The van der Waals surface area contributed by atoms with Crippen molar-refractivity contribution in [1.82, 2.24) is 9.71 Å². The molecule has 1 aliphatic heterocycles. The lowest BCUT2D eigenvalue weighted by Gasteiger charge is -2.20. The van der Waals surface area contributed by atoms with Crippen molar-refractivity contribution >= 4 is 44.6 Å². The van der Waals surface area contributed by atoms with Crippen molar-refractivity contribution < 1.29 is 13.2 Å². The number of benzene rings is 3. The highest BCUT2D eigenvalue weighted by Crippen LogP contribution is 2.38. The predicted octanol–water partition coefficient (Wildman–Crippen LogP) is 4.73. The molecule has 1 amide bonds. The number of anilines is 1. The molecule has 1 aliphatic rings. The molecule has 2 heterocycles. The largest absolute Gasteiger partial charge is 0.311 e. The summed E-state index contributed by atoms with van der Waals surface area (Å²) in [5, 5.41) is 2.51. The van der Waals surface area contributed by atoms with Crippen molar-refractivity contribution in [2.45, 2.75) is 10.9 Å². The number of sulfonamides is 1. The molecule has 34 heavy (non-hydrogen) atoms.